The van der Waals surface area contributed by atoms with E-state index >= 15 is 0 Å². The van der Waals surface area contributed by atoms with E-state index in [1.165, 1.54) is 9.13 Å². The Hall–Kier alpha value is -2.01. The smallest absolute Gasteiger partial charge is 0.430 e. The van der Waals surface area contributed by atoms with Crippen molar-refractivity contribution in [2.24, 2.45) is 0 Å². The van der Waals surface area contributed by atoms with Gasteiger partial charge >= 0.3 is 27.4 Å². The number of halogens is 4. The number of benzene rings is 2. The van der Waals surface area contributed by atoms with Gasteiger partial charge in [0.2, 0.25) is 3.57 Å². The molecule has 2 rings (SSSR count). The van der Waals surface area contributed by atoms with Crippen LogP contribution >= 0.6 is 0 Å². The van der Waals surface area contributed by atoms with Crippen molar-refractivity contribution < 1.29 is 44.3 Å². The molecule has 0 N–H and O–H groups in total. The molecule has 0 saturated heterocycles. The first-order valence-electron chi connectivity index (χ1n) is 6.88. The summed E-state index contributed by atoms with van der Waals surface area (Å²) in [4.78, 5) is 8.78. The summed E-state index contributed by atoms with van der Waals surface area (Å²) in [6.07, 6.45) is -3.16. The molecule has 0 aliphatic carbocycles. The highest BCUT2D eigenvalue weighted by molar-refractivity contribution is 5.70. The number of carbonyl (C=O) groups excluding carboxylic acids is 1. The molecule has 0 saturated carbocycles. The van der Waals surface area contributed by atoms with E-state index in [0.717, 1.165) is 12.8 Å². The van der Waals surface area contributed by atoms with Crippen molar-refractivity contribution in [3.8, 4) is 9.85 Å². The Labute approximate surface area is 149 Å². The van der Waals surface area contributed by atoms with Gasteiger partial charge in [0.15, 0.2) is 3.93 Å². The van der Waals surface area contributed by atoms with Gasteiger partial charge in [-0.3, -0.25) is 0 Å². The molecule has 0 atom stereocenters. The largest absolute Gasteiger partial charge is 0.542 e. The van der Waals surface area contributed by atoms with Crippen LogP contribution in [0.1, 0.15) is 12.0 Å². The van der Waals surface area contributed by atoms with Gasteiger partial charge in [-0.1, -0.05) is 48.5 Å². The lowest BCUT2D eigenvalue weighted by molar-refractivity contribution is -0.535. The van der Waals surface area contributed by atoms with Crippen molar-refractivity contribution in [1.82, 2.24) is 0 Å². The van der Waals surface area contributed by atoms with Crippen LogP contribution in [0.15, 0.2) is 60.7 Å². The summed E-state index contributed by atoms with van der Waals surface area (Å²) in [6, 6.07) is 21.1. The Morgan fingerprint density at radius 1 is 1.00 bits per heavy atom. The zero-order chi connectivity index (χ0) is 17.8. The summed E-state index contributed by atoms with van der Waals surface area (Å²) in [5, 5.41) is 8.78. The van der Waals surface area contributed by atoms with Gasteiger partial charge in [0, 0.05) is 6.42 Å². The molecular weight excluding hydrogens is 432 g/mol. The lowest BCUT2D eigenvalue weighted by Crippen LogP contribution is -3.59. The molecule has 0 bridgehead atoms. The van der Waals surface area contributed by atoms with Crippen LogP contribution in [0.2, 0.25) is 0 Å². The summed E-state index contributed by atoms with van der Waals surface area (Å²) in [5.41, 5.74) is 1.37. The van der Waals surface area contributed by atoms with E-state index in [4.69, 9.17) is 9.90 Å². The second-order valence-corrected chi connectivity index (χ2v) is 6.76. The Morgan fingerprint density at radius 2 is 1.50 bits per heavy atom. The van der Waals surface area contributed by atoms with Gasteiger partial charge in [-0.25, -0.2) is 0 Å². The lowest BCUT2D eigenvalue weighted by atomic mass is 10.1. The van der Waals surface area contributed by atoms with Gasteiger partial charge in [-0.15, -0.1) is 0 Å². The molecule has 0 aliphatic heterocycles. The van der Waals surface area contributed by atoms with Crippen LogP contribution in [-0.2, 0) is 11.2 Å². The molecule has 126 valence electrons. The lowest BCUT2D eigenvalue weighted by Gasteiger charge is -2.03. The molecule has 0 amide bonds. The normalized spacial score (nSPS) is 9.96. The Morgan fingerprint density at radius 3 is 2.00 bits per heavy atom. The predicted molar refractivity (Wildman–Crippen MR) is 78.7 cm³/mol. The Kier molecular flexibility index (Phi) is 8.94. The van der Waals surface area contributed by atoms with Crippen LogP contribution in [0.25, 0.3) is 0 Å². The van der Waals surface area contributed by atoms with Crippen LogP contribution in [0.5, 0.6) is 0 Å². The topological polar surface area (TPSA) is 40.1 Å². The van der Waals surface area contributed by atoms with E-state index in [9.17, 15) is 13.2 Å². The van der Waals surface area contributed by atoms with E-state index in [1.807, 2.05) is 0 Å². The average Bonchev–Trinajstić information content (AvgIpc) is 2.56. The van der Waals surface area contributed by atoms with E-state index < -0.39 is 12.1 Å². The van der Waals surface area contributed by atoms with Crippen LogP contribution in [0.3, 0.4) is 0 Å². The molecule has 0 unspecified atom stereocenters. The number of carboxylic acids is 1. The van der Waals surface area contributed by atoms with Crippen LogP contribution in [0, 0.1) is 13.4 Å². The van der Waals surface area contributed by atoms with Crippen LogP contribution in [-0.4, -0.2) is 12.1 Å². The summed E-state index contributed by atoms with van der Waals surface area (Å²) in [7, 11) is 0. The fraction of sp³-hybridized carbons (Fsp3) is 0.167. The maximum absolute atomic E-state index is 10.5. The first-order valence-corrected chi connectivity index (χ1v) is 9.04. The molecule has 0 radical (unpaired) electrons. The number of hydrogen-bond acceptors (Lipinski definition) is 2. The minimum Gasteiger partial charge on any atom is -0.542 e. The minimum absolute atomic E-state index is 0.117. The molecular formula is C18H14F3IO2. The Balaban J connectivity index is 0.000000351. The third kappa shape index (κ3) is 9.20. The van der Waals surface area contributed by atoms with Crippen molar-refractivity contribution in [1.29, 1.82) is 0 Å². The van der Waals surface area contributed by atoms with E-state index in [0.29, 0.717) is 0 Å². The quantitative estimate of drug-likeness (QED) is 0.486. The van der Waals surface area contributed by atoms with Crippen molar-refractivity contribution in [2.75, 3.05) is 0 Å². The molecule has 0 fully saturated rings. The summed E-state index contributed by atoms with van der Waals surface area (Å²) < 4.78 is 36.3. The highest BCUT2D eigenvalue weighted by atomic mass is 127. The van der Waals surface area contributed by atoms with Gasteiger partial charge in [0.1, 0.15) is 5.97 Å². The summed E-state index contributed by atoms with van der Waals surface area (Å²) in [6.45, 7) is 0. The molecule has 0 heterocycles. The number of aliphatic carboxylic acids is 1. The van der Waals surface area contributed by atoms with Gasteiger partial charge in [0.05, 0.1) is 0 Å². The number of carboxylic acid groups (broad SMARTS) is 1. The molecule has 0 spiro atoms. The van der Waals surface area contributed by atoms with Crippen molar-refractivity contribution in [3.05, 3.63) is 69.8 Å². The van der Waals surface area contributed by atoms with Gasteiger partial charge in [-0.05, 0) is 30.0 Å². The number of hydrogen-bond donors (Lipinski definition) is 0. The monoisotopic (exact) mass is 446 g/mol. The molecule has 24 heavy (non-hydrogen) atoms. The first kappa shape index (κ1) is 20.0. The number of alkyl halides is 3. The molecule has 6 heteroatoms. The maximum atomic E-state index is 10.5. The second-order valence-electron chi connectivity index (χ2n) is 4.43. The molecule has 2 aromatic rings. The zero-order valence-electron chi connectivity index (χ0n) is 12.5. The molecule has 0 aliphatic rings. The van der Waals surface area contributed by atoms with Gasteiger partial charge in [-0.2, -0.15) is 13.2 Å². The fourth-order valence-electron chi connectivity index (χ4n) is 1.46. The second kappa shape index (κ2) is 10.7. The van der Waals surface area contributed by atoms with E-state index in [-0.39, 0.29) is 21.2 Å². The maximum Gasteiger partial charge on any atom is 0.430 e. The number of aryl methyl sites for hydroxylation is 1. The fourth-order valence-corrected chi connectivity index (χ4v) is 3.01. The zero-order valence-corrected chi connectivity index (χ0v) is 14.7. The highest BCUT2D eigenvalue weighted by Crippen LogP contribution is 2.11. The minimum atomic E-state index is -5.19. The van der Waals surface area contributed by atoms with Gasteiger partial charge < -0.3 is 9.90 Å². The van der Waals surface area contributed by atoms with Crippen LogP contribution < -0.4 is 26.3 Å². The third-order valence-corrected chi connectivity index (χ3v) is 4.56. The predicted octanol–water partition coefficient (Wildman–Crippen LogP) is -0.163. The van der Waals surface area contributed by atoms with E-state index in [1.54, 1.807) is 0 Å². The van der Waals surface area contributed by atoms with Crippen molar-refractivity contribution in [3.63, 3.8) is 0 Å². The highest BCUT2D eigenvalue weighted by Gasteiger charge is 2.28. The molecule has 2 aromatic carbocycles. The third-order valence-electron chi connectivity index (χ3n) is 2.57. The first-order chi connectivity index (χ1) is 11.4. The van der Waals surface area contributed by atoms with Crippen molar-refractivity contribution in [2.45, 2.75) is 19.0 Å². The molecule has 2 nitrogen and oxygen atoms in total. The van der Waals surface area contributed by atoms with E-state index in [2.05, 4.69) is 70.5 Å². The standard InChI is InChI=1S/C16H14I.C2HF3O2/c1-3-9-15(10-4-1)11-7-8-14-17-16-12-5-2-6-13-16;3-2(4,5)1(6)7/h1-6,9-10,12-13H,7,11H2;(H,6,7)/q+1;/p-1. The summed E-state index contributed by atoms with van der Waals surface area (Å²) >= 11 is -0.117. The summed E-state index contributed by atoms with van der Waals surface area (Å²) in [5.74, 6) is 0.274. The number of carbonyl (C=O) groups is 1. The molecule has 0 aromatic heterocycles. The number of rotatable bonds is 3. The van der Waals surface area contributed by atoms with Gasteiger partial charge in [0.25, 0.3) is 0 Å². The average molecular weight is 446 g/mol. The van der Waals surface area contributed by atoms with Crippen LogP contribution in [0.4, 0.5) is 13.2 Å². The Bertz CT molecular complexity index is 674. The van der Waals surface area contributed by atoms with Crippen molar-refractivity contribution >= 4 is 5.97 Å². The SMILES string of the molecule is C(#C[I+]c1ccccc1)CCc1ccccc1.O=C([O-])C(F)(F)F.